The minimum absolute atomic E-state index is 0.0423. The highest BCUT2D eigenvalue weighted by Crippen LogP contribution is 2.27. The number of pyridine rings is 1. The van der Waals surface area contributed by atoms with Crippen LogP contribution < -0.4 is 9.47 Å². The zero-order chi connectivity index (χ0) is 31.2. The van der Waals surface area contributed by atoms with E-state index in [2.05, 4.69) is 9.97 Å². The van der Waals surface area contributed by atoms with E-state index in [-0.39, 0.29) is 24.5 Å². The Kier molecular flexibility index (Phi) is 9.44. The van der Waals surface area contributed by atoms with Crippen LogP contribution in [0.15, 0.2) is 72.8 Å². The van der Waals surface area contributed by atoms with Gasteiger partial charge in [0.25, 0.3) is 6.43 Å². The Morgan fingerprint density at radius 2 is 1.80 bits per heavy atom. The summed E-state index contributed by atoms with van der Waals surface area (Å²) in [6, 6.07) is 19.9. The Labute approximate surface area is 251 Å². The van der Waals surface area contributed by atoms with Gasteiger partial charge in [0.2, 0.25) is 5.88 Å². The number of methoxy groups -OCH3 is 1. The monoisotopic (exact) mass is 605 g/mol. The number of aromatic nitrogens is 3. The molecule has 0 fully saturated rings. The number of benzene rings is 3. The van der Waals surface area contributed by atoms with Gasteiger partial charge in [0.1, 0.15) is 30.6 Å². The van der Waals surface area contributed by atoms with Crippen molar-refractivity contribution >= 4 is 17.0 Å². The van der Waals surface area contributed by atoms with Crippen LogP contribution in [0.2, 0.25) is 0 Å². The predicted octanol–water partition coefficient (Wildman–Crippen LogP) is 6.70. The second-order valence-corrected chi connectivity index (χ2v) is 10.1. The molecule has 0 saturated heterocycles. The molecule has 44 heavy (non-hydrogen) atoms. The van der Waals surface area contributed by atoms with Crippen LogP contribution in [-0.4, -0.2) is 52.4 Å². The molecule has 0 aliphatic rings. The van der Waals surface area contributed by atoms with Gasteiger partial charge in [-0.2, -0.15) is 0 Å². The van der Waals surface area contributed by atoms with E-state index in [1.807, 2.05) is 17.6 Å². The molecule has 0 unspecified atom stereocenters. The first-order chi connectivity index (χ1) is 21.2. The average Bonchev–Trinajstić information content (AvgIpc) is 3.35. The fourth-order valence-electron chi connectivity index (χ4n) is 4.77. The van der Waals surface area contributed by atoms with E-state index < -0.39 is 24.8 Å². The normalized spacial score (nSPS) is 11.3. The molecule has 0 bridgehead atoms. The summed E-state index contributed by atoms with van der Waals surface area (Å²) in [6.07, 6.45) is -2.42. The molecule has 0 amide bonds. The number of aromatic carboxylic acids is 1. The van der Waals surface area contributed by atoms with Gasteiger partial charge in [0.15, 0.2) is 0 Å². The van der Waals surface area contributed by atoms with E-state index in [9.17, 15) is 18.7 Å². The first-order valence-corrected chi connectivity index (χ1v) is 13.8. The van der Waals surface area contributed by atoms with E-state index in [4.69, 9.17) is 14.2 Å². The molecule has 2 heterocycles. The largest absolute Gasteiger partial charge is 0.487 e. The van der Waals surface area contributed by atoms with Crippen LogP contribution in [0, 0.1) is 12.7 Å². The lowest BCUT2D eigenvalue weighted by atomic mass is 10.1. The Morgan fingerprint density at radius 3 is 2.55 bits per heavy atom. The van der Waals surface area contributed by atoms with Crippen molar-refractivity contribution in [1.29, 1.82) is 0 Å². The molecule has 11 heteroatoms. The van der Waals surface area contributed by atoms with Crippen molar-refractivity contribution in [3.8, 4) is 22.9 Å². The summed E-state index contributed by atoms with van der Waals surface area (Å²) in [5.74, 6) is -0.325. The van der Waals surface area contributed by atoms with Gasteiger partial charge in [0, 0.05) is 37.3 Å². The minimum atomic E-state index is -2.60. The van der Waals surface area contributed by atoms with Crippen molar-refractivity contribution in [2.45, 2.75) is 32.9 Å². The molecule has 0 aliphatic heterocycles. The third-order valence-electron chi connectivity index (χ3n) is 6.98. The molecule has 3 aromatic carbocycles. The molecule has 8 nitrogen and oxygen atoms in total. The van der Waals surface area contributed by atoms with Gasteiger partial charge in [-0.05, 0) is 54.4 Å². The van der Waals surface area contributed by atoms with Gasteiger partial charge >= 0.3 is 5.97 Å². The first kappa shape index (κ1) is 30.6. The fraction of sp³-hybridized carbons (Fsp3) is 0.242. The van der Waals surface area contributed by atoms with Crippen molar-refractivity contribution in [2.75, 3.05) is 20.3 Å². The van der Waals surface area contributed by atoms with E-state index in [1.165, 1.54) is 12.1 Å². The maximum atomic E-state index is 15.4. The summed E-state index contributed by atoms with van der Waals surface area (Å²) in [5, 5.41) is 9.42. The number of carboxylic acid groups (broad SMARTS) is 1. The number of alkyl halides is 2. The average molecular weight is 606 g/mol. The number of nitrogens with zero attached hydrogens (tertiary/aromatic N) is 3. The van der Waals surface area contributed by atoms with Crippen molar-refractivity contribution < 1.29 is 37.3 Å². The number of carboxylic acids is 1. The molecule has 0 atom stereocenters. The third kappa shape index (κ3) is 7.17. The Bertz CT molecular complexity index is 1790. The van der Waals surface area contributed by atoms with Crippen LogP contribution in [0.3, 0.4) is 0 Å². The van der Waals surface area contributed by atoms with Crippen molar-refractivity contribution in [2.24, 2.45) is 0 Å². The highest BCUT2D eigenvalue weighted by Gasteiger charge is 2.17. The smallest absolute Gasteiger partial charge is 0.335 e. The SMILES string of the molecule is COCCn1c(Cc2ccc(-c3cccc(OCc4ccc(C)cc4OCC(F)F)n3)cc2F)nc2ccc(C(=O)O)cc21. The predicted molar refractivity (Wildman–Crippen MR) is 158 cm³/mol. The van der Waals surface area contributed by atoms with Crippen molar-refractivity contribution in [1.82, 2.24) is 14.5 Å². The number of imidazole rings is 1. The Balaban J connectivity index is 1.34. The lowest BCUT2D eigenvalue weighted by Crippen LogP contribution is -2.10. The maximum Gasteiger partial charge on any atom is 0.335 e. The number of carbonyl (C=O) groups is 1. The number of rotatable bonds is 13. The third-order valence-corrected chi connectivity index (χ3v) is 6.98. The summed E-state index contributed by atoms with van der Waals surface area (Å²) >= 11 is 0. The lowest BCUT2D eigenvalue weighted by molar-refractivity contribution is 0.0697. The molecule has 0 spiro atoms. The highest BCUT2D eigenvalue weighted by molar-refractivity contribution is 5.92. The standard InChI is InChI=1S/C33H30F3N3O5/c1-20-6-7-24(29(14-20)43-19-30(35)36)18-44-32-5-3-4-26(38-32)22-9-8-21(25(34)15-22)17-31-37-27-11-10-23(33(40)41)16-28(27)39(31)12-13-42-2/h3-11,14-16,30H,12-13,17-19H2,1-2H3,(H,40,41). The molecule has 5 rings (SSSR count). The van der Waals surface area contributed by atoms with E-state index >= 15 is 4.39 Å². The van der Waals surface area contributed by atoms with Crippen LogP contribution >= 0.6 is 0 Å². The van der Waals surface area contributed by atoms with Gasteiger partial charge in [-0.15, -0.1) is 0 Å². The number of ether oxygens (including phenoxy) is 3. The van der Waals surface area contributed by atoms with Crippen LogP contribution in [0.5, 0.6) is 11.6 Å². The molecule has 1 N–H and O–H groups in total. The summed E-state index contributed by atoms with van der Waals surface area (Å²) in [6.45, 7) is 1.95. The second kappa shape index (κ2) is 13.6. The molecule has 0 radical (unpaired) electrons. The summed E-state index contributed by atoms with van der Waals surface area (Å²) in [5.41, 5.74) is 4.26. The highest BCUT2D eigenvalue weighted by atomic mass is 19.3. The Hall–Kier alpha value is -4.90. The fourth-order valence-corrected chi connectivity index (χ4v) is 4.77. The molecule has 0 saturated carbocycles. The van der Waals surface area contributed by atoms with Gasteiger partial charge in [0.05, 0.1) is 28.9 Å². The summed E-state index contributed by atoms with van der Waals surface area (Å²) < 4.78 is 59.0. The van der Waals surface area contributed by atoms with Crippen LogP contribution in [-0.2, 0) is 24.3 Å². The minimum Gasteiger partial charge on any atom is -0.487 e. The quantitative estimate of drug-likeness (QED) is 0.160. The molecule has 0 aliphatic carbocycles. The van der Waals surface area contributed by atoms with Crippen LogP contribution in [0.1, 0.15) is 32.9 Å². The van der Waals surface area contributed by atoms with Gasteiger partial charge in [-0.3, -0.25) is 0 Å². The lowest BCUT2D eigenvalue weighted by Gasteiger charge is -2.13. The van der Waals surface area contributed by atoms with Gasteiger partial charge in [-0.25, -0.2) is 27.9 Å². The maximum absolute atomic E-state index is 15.4. The number of hydrogen-bond acceptors (Lipinski definition) is 6. The van der Waals surface area contributed by atoms with Crippen molar-refractivity contribution in [3.63, 3.8) is 0 Å². The summed E-state index contributed by atoms with van der Waals surface area (Å²) in [4.78, 5) is 20.7. The topological polar surface area (TPSA) is 95.7 Å². The zero-order valence-electron chi connectivity index (χ0n) is 24.1. The number of aryl methyl sites for hydroxylation is 1. The molecular formula is C33H30F3N3O5. The van der Waals surface area contributed by atoms with E-state index in [0.29, 0.717) is 58.1 Å². The van der Waals surface area contributed by atoms with E-state index in [0.717, 1.165) is 5.56 Å². The van der Waals surface area contributed by atoms with Crippen molar-refractivity contribution in [3.05, 3.63) is 107 Å². The Morgan fingerprint density at radius 1 is 0.977 bits per heavy atom. The summed E-state index contributed by atoms with van der Waals surface area (Å²) in [7, 11) is 1.57. The number of hydrogen-bond donors (Lipinski definition) is 1. The van der Waals surface area contributed by atoms with Gasteiger partial charge < -0.3 is 23.9 Å². The first-order valence-electron chi connectivity index (χ1n) is 13.8. The number of halogens is 3. The van der Waals surface area contributed by atoms with Crippen LogP contribution in [0.25, 0.3) is 22.3 Å². The molecule has 228 valence electrons. The van der Waals surface area contributed by atoms with Crippen LogP contribution in [0.4, 0.5) is 13.2 Å². The molecule has 5 aromatic rings. The second-order valence-electron chi connectivity index (χ2n) is 10.1. The molecule has 2 aromatic heterocycles. The van der Waals surface area contributed by atoms with E-state index in [1.54, 1.807) is 61.7 Å². The molecular weight excluding hydrogens is 575 g/mol. The number of fused-ring (bicyclic) bond motifs is 1. The van der Waals surface area contributed by atoms with Gasteiger partial charge in [-0.1, -0.05) is 30.3 Å². The zero-order valence-corrected chi connectivity index (χ0v) is 24.1.